The van der Waals surface area contributed by atoms with Crippen molar-refractivity contribution in [2.75, 3.05) is 6.61 Å². The normalized spacial score (nSPS) is 46.2. The Morgan fingerprint density at radius 1 is 0.838 bits per heavy atom. The van der Waals surface area contributed by atoms with Gasteiger partial charge in [-0.25, -0.2) is 0 Å². The molecule has 37 heavy (non-hydrogen) atoms. The molecule has 2 saturated heterocycles. The average Bonchev–Trinajstić information content (AvgIpc) is 3.34. The first kappa shape index (κ1) is 26.1. The van der Waals surface area contributed by atoms with Crippen LogP contribution in [0.1, 0.15) is 58.3 Å². The van der Waals surface area contributed by atoms with Gasteiger partial charge in [-0.3, -0.25) is 24.0 Å². The Bertz CT molecular complexity index is 981. The first-order valence-electron chi connectivity index (χ1n) is 13.7. The number of ketones is 1. The minimum absolute atomic E-state index is 0.0379. The van der Waals surface area contributed by atoms with Gasteiger partial charge in [0, 0.05) is 30.7 Å². The minimum Gasteiger partial charge on any atom is -0.481 e. The lowest BCUT2D eigenvalue weighted by Crippen LogP contribution is -2.49. The molecule has 1 unspecified atom stereocenters. The Balaban J connectivity index is 0.000000152. The highest BCUT2D eigenvalue weighted by molar-refractivity contribution is 5.82. The molecule has 6 fully saturated rings. The van der Waals surface area contributed by atoms with Crippen molar-refractivity contribution in [1.29, 1.82) is 0 Å². The zero-order valence-corrected chi connectivity index (χ0v) is 21.1. The van der Waals surface area contributed by atoms with E-state index in [2.05, 4.69) is 0 Å². The number of ether oxygens (including phenoxy) is 2. The van der Waals surface area contributed by atoms with Crippen LogP contribution >= 0.6 is 0 Å². The smallest absolute Gasteiger partial charge is 0.309 e. The zero-order valence-electron chi connectivity index (χ0n) is 21.1. The molecule has 0 aromatic heterocycles. The number of hydrogen-bond acceptors (Lipinski definition) is 8. The van der Waals surface area contributed by atoms with Crippen LogP contribution in [0.3, 0.4) is 0 Å². The van der Waals surface area contributed by atoms with Crippen LogP contribution < -0.4 is 5.73 Å². The molecule has 4 N–H and O–H groups in total. The topological polar surface area (TPSA) is 170 Å². The lowest BCUT2D eigenvalue weighted by molar-refractivity contribution is -0.154. The Labute approximate surface area is 215 Å². The summed E-state index contributed by atoms with van der Waals surface area (Å²) in [5.41, 5.74) is 6.00. The Morgan fingerprint density at radius 3 is 2.22 bits per heavy atom. The van der Waals surface area contributed by atoms with Crippen molar-refractivity contribution in [3.63, 3.8) is 0 Å². The lowest BCUT2D eigenvalue weighted by atomic mass is 9.57. The van der Waals surface area contributed by atoms with Crippen LogP contribution in [0.25, 0.3) is 0 Å². The Hall–Kier alpha value is -2.49. The minimum atomic E-state index is -0.840. The number of rotatable bonds is 2. The number of fused-ring (bicyclic) bond motifs is 4. The second-order valence-corrected chi connectivity index (χ2v) is 12.1. The molecule has 0 amide bonds. The first-order valence-corrected chi connectivity index (χ1v) is 13.7. The number of carboxylic acid groups (broad SMARTS) is 2. The quantitative estimate of drug-likeness (QED) is 0.458. The van der Waals surface area contributed by atoms with E-state index < -0.39 is 23.8 Å². The molecule has 0 radical (unpaired) electrons. The number of carbonyl (C=O) groups excluding carboxylic acids is 3. The van der Waals surface area contributed by atoms with Crippen molar-refractivity contribution in [2.45, 2.75) is 70.4 Å². The number of cyclic esters (lactones) is 2. The molecule has 0 aromatic carbocycles. The number of carbonyl (C=O) groups is 5. The fourth-order valence-corrected chi connectivity index (χ4v) is 8.71. The summed E-state index contributed by atoms with van der Waals surface area (Å²) in [4.78, 5) is 58.2. The molecular weight excluding hydrogens is 482 g/mol. The Kier molecular flexibility index (Phi) is 7.06. The molecule has 204 valence electrons. The summed E-state index contributed by atoms with van der Waals surface area (Å²) >= 11 is 0. The van der Waals surface area contributed by atoms with E-state index in [1.807, 2.05) is 6.92 Å². The predicted molar refractivity (Wildman–Crippen MR) is 127 cm³/mol. The third kappa shape index (κ3) is 4.66. The van der Waals surface area contributed by atoms with E-state index in [1.54, 1.807) is 0 Å². The molecule has 12 atom stereocenters. The van der Waals surface area contributed by atoms with Crippen LogP contribution in [0, 0.1) is 59.2 Å². The van der Waals surface area contributed by atoms with E-state index in [-0.39, 0.29) is 83.8 Å². The lowest BCUT2D eigenvalue weighted by Gasteiger charge is -2.46. The van der Waals surface area contributed by atoms with Gasteiger partial charge in [0.05, 0.1) is 30.3 Å². The molecule has 2 heterocycles. The molecule has 6 rings (SSSR count). The summed E-state index contributed by atoms with van der Waals surface area (Å²) < 4.78 is 10.3. The van der Waals surface area contributed by atoms with Crippen LogP contribution in [-0.2, 0) is 33.4 Å². The molecule has 0 spiro atoms. The second-order valence-electron chi connectivity index (χ2n) is 12.1. The van der Waals surface area contributed by atoms with E-state index in [9.17, 15) is 34.2 Å². The molecule has 4 aliphatic carbocycles. The predicted octanol–water partition coefficient (Wildman–Crippen LogP) is 1.88. The van der Waals surface area contributed by atoms with Gasteiger partial charge in [-0.1, -0.05) is 0 Å². The van der Waals surface area contributed by atoms with E-state index in [4.69, 9.17) is 15.2 Å². The highest BCUT2D eigenvalue weighted by Gasteiger charge is 2.58. The van der Waals surface area contributed by atoms with Crippen molar-refractivity contribution in [3.05, 3.63) is 0 Å². The van der Waals surface area contributed by atoms with E-state index >= 15 is 0 Å². The summed E-state index contributed by atoms with van der Waals surface area (Å²) in [6, 6.07) is 0.155. The third-order valence-corrected chi connectivity index (χ3v) is 10.3. The van der Waals surface area contributed by atoms with E-state index in [0.717, 1.165) is 25.7 Å². The average molecular weight is 520 g/mol. The molecule has 6 aliphatic rings. The standard InChI is InChI=1S/C14H21NO4.C13H16O5/c1-6-11-10(14(18)19-6)5-7-4-8(15)2-3-9(7)12(11)13(16)17;14-7-1-2-8-6(3-7)4-9-10(5-18-13(9)17)11(8)12(15)16/h6-12H,2-5,15H2,1H3,(H,16,17);6,8-11H,1-5H2,(H,15,16)/t6-,7+,8?,9-,10-,11-,12+;6-,8+,9+,10+,11-/m10/s1. The van der Waals surface area contributed by atoms with Crippen LogP contribution in [0.15, 0.2) is 0 Å². The summed E-state index contributed by atoms with van der Waals surface area (Å²) in [6.45, 7) is 2.06. The molecule has 0 bridgehead atoms. The molecule has 10 heteroatoms. The van der Waals surface area contributed by atoms with Crippen molar-refractivity contribution in [3.8, 4) is 0 Å². The van der Waals surface area contributed by atoms with Crippen LogP contribution in [0.2, 0.25) is 0 Å². The van der Waals surface area contributed by atoms with Crippen LogP contribution in [0.4, 0.5) is 0 Å². The van der Waals surface area contributed by atoms with E-state index in [1.165, 1.54) is 0 Å². The van der Waals surface area contributed by atoms with Gasteiger partial charge in [0.1, 0.15) is 11.9 Å². The van der Waals surface area contributed by atoms with Gasteiger partial charge in [-0.2, -0.15) is 0 Å². The summed E-state index contributed by atoms with van der Waals surface area (Å²) in [6.07, 6.45) is 5.30. The van der Waals surface area contributed by atoms with Crippen molar-refractivity contribution < 1.29 is 43.7 Å². The van der Waals surface area contributed by atoms with Gasteiger partial charge in [0.25, 0.3) is 0 Å². The van der Waals surface area contributed by atoms with Gasteiger partial charge in [0.2, 0.25) is 0 Å². The summed E-state index contributed by atoms with van der Waals surface area (Å²) in [5, 5.41) is 19.0. The Morgan fingerprint density at radius 2 is 1.51 bits per heavy atom. The fourth-order valence-electron chi connectivity index (χ4n) is 8.71. The maximum absolute atomic E-state index is 11.9. The van der Waals surface area contributed by atoms with Crippen molar-refractivity contribution in [1.82, 2.24) is 0 Å². The second kappa shape index (κ2) is 10.0. The van der Waals surface area contributed by atoms with Gasteiger partial charge < -0.3 is 25.4 Å². The SMILES string of the molecule is C[C@H]1OC(=O)[C@@H]2C[C@@H]3CC(N)CC[C@H]3[C@H](C(=O)O)[C@H]12.O=C1CC[C@@H]2[C@@H](C1)C[C@H]1C(=O)OC[C@H]1[C@H]2C(=O)O. The summed E-state index contributed by atoms with van der Waals surface area (Å²) in [5.74, 6) is -3.22. The molecule has 0 aromatic rings. The summed E-state index contributed by atoms with van der Waals surface area (Å²) in [7, 11) is 0. The third-order valence-electron chi connectivity index (χ3n) is 10.3. The maximum Gasteiger partial charge on any atom is 0.309 e. The number of Topliss-reactive ketones (excluding diaryl/α,β-unsaturated/α-hetero) is 1. The molecule has 4 saturated carbocycles. The largest absolute Gasteiger partial charge is 0.481 e. The van der Waals surface area contributed by atoms with Gasteiger partial charge in [0.15, 0.2) is 0 Å². The van der Waals surface area contributed by atoms with Crippen LogP contribution in [0.5, 0.6) is 0 Å². The first-order chi connectivity index (χ1) is 17.6. The highest BCUT2D eigenvalue weighted by atomic mass is 16.6. The monoisotopic (exact) mass is 519 g/mol. The van der Waals surface area contributed by atoms with E-state index in [0.29, 0.717) is 25.7 Å². The fraction of sp³-hybridized carbons (Fsp3) is 0.815. The highest BCUT2D eigenvalue weighted by Crippen LogP contribution is 2.53. The molecule has 2 aliphatic heterocycles. The number of carboxylic acids is 2. The van der Waals surface area contributed by atoms with Gasteiger partial charge in [-0.05, 0) is 69.1 Å². The number of esters is 2. The van der Waals surface area contributed by atoms with Crippen molar-refractivity contribution in [2.24, 2.45) is 64.9 Å². The number of hydrogen-bond donors (Lipinski definition) is 3. The van der Waals surface area contributed by atoms with Crippen molar-refractivity contribution >= 4 is 29.7 Å². The molecular formula is C27H37NO9. The maximum atomic E-state index is 11.9. The number of nitrogens with two attached hydrogens (primary N) is 1. The van der Waals surface area contributed by atoms with Gasteiger partial charge >= 0.3 is 23.9 Å². The number of aliphatic carboxylic acids is 2. The van der Waals surface area contributed by atoms with Crippen LogP contribution in [-0.4, -0.2) is 58.6 Å². The molecule has 10 nitrogen and oxygen atoms in total. The van der Waals surface area contributed by atoms with Gasteiger partial charge in [-0.15, -0.1) is 0 Å². The zero-order chi connectivity index (χ0) is 26.6.